The first kappa shape index (κ1) is 17.9. The Bertz CT molecular complexity index is 970. The van der Waals surface area contributed by atoms with Gasteiger partial charge in [0.1, 0.15) is 5.52 Å². The molecular weight excluding hydrogens is 356 g/mol. The third-order valence-corrected chi connectivity index (χ3v) is 4.03. The summed E-state index contributed by atoms with van der Waals surface area (Å²) in [4.78, 5) is 24.5. The average molecular weight is 373 g/mol. The second-order valence-corrected chi connectivity index (χ2v) is 6.09. The molecule has 0 aliphatic carbocycles. The van der Waals surface area contributed by atoms with E-state index in [1.165, 1.54) is 6.92 Å². The number of benzene rings is 2. The molecule has 2 aromatic carbocycles. The molecule has 0 spiro atoms. The molecule has 8 heteroatoms. The number of nitrogens with one attached hydrogen (secondary N) is 1. The molecule has 1 N–H and O–H groups in total. The molecule has 0 radical (unpaired) electrons. The molecule has 0 unspecified atom stereocenters. The summed E-state index contributed by atoms with van der Waals surface area (Å²) in [5, 5.41) is 11.2. The van der Waals surface area contributed by atoms with Crippen LogP contribution in [0.1, 0.15) is 24.2 Å². The molecule has 3 rings (SSSR count). The van der Waals surface area contributed by atoms with Crippen LogP contribution in [0, 0.1) is 0 Å². The number of carbonyl (C=O) groups is 2. The molecule has 0 aliphatic heterocycles. The molecule has 1 heterocycles. The highest BCUT2D eigenvalue weighted by Crippen LogP contribution is 2.17. The number of nitrogens with zero attached hydrogens (tertiary/aromatic N) is 3. The van der Waals surface area contributed by atoms with Gasteiger partial charge in [0.15, 0.2) is 6.10 Å². The molecule has 0 aliphatic rings. The molecular formula is C18H17ClN4O3. The van der Waals surface area contributed by atoms with E-state index in [-0.39, 0.29) is 0 Å². The Labute approximate surface area is 154 Å². The van der Waals surface area contributed by atoms with Crippen molar-refractivity contribution < 1.29 is 14.3 Å². The summed E-state index contributed by atoms with van der Waals surface area (Å²) < 4.78 is 6.97. The van der Waals surface area contributed by atoms with Gasteiger partial charge in [-0.2, -0.15) is 0 Å². The van der Waals surface area contributed by atoms with Crippen molar-refractivity contribution in [1.29, 1.82) is 0 Å². The van der Waals surface area contributed by atoms with Gasteiger partial charge in [0.2, 0.25) is 0 Å². The number of halogens is 1. The third-order valence-electron chi connectivity index (χ3n) is 3.79. The number of fused-ring (bicyclic) bond motifs is 1. The van der Waals surface area contributed by atoms with Crippen LogP contribution in [0.5, 0.6) is 0 Å². The molecule has 0 saturated carbocycles. The fourth-order valence-electron chi connectivity index (χ4n) is 2.42. The van der Waals surface area contributed by atoms with Gasteiger partial charge in [0.05, 0.1) is 11.1 Å². The van der Waals surface area contributed by atoms with E-state index in [1.54, 1.807) is 47.1 Å². The molecule has 7 nitrogen and oxygen atoms in total. The number of aryl methyl sites for hydroxylation is 1. The summed E-state index contributed by atoms with van der Waals surface area (Å²) in [5.74, 6) is -1.05. The lowest BCUT2D eigenvalue weighted by atomic mass is 10.2. The average Bonchev–Trinajstić information content (AvgIpc) is 3.03. The fraction of sp³-hybridized carbons (Fsp3) is 0.222. The summed E-state index contributed by atoms with van der Waals surface area (Å²) in [6, 6.07) is 11.7. The van der Waals surface area contributed by atoms with Crippen LogP contribution in [0.2, 0.25) is 5.02 Å². The highest BCUT2D eigenvalue weighted by Gasteiger charge is 2.20. The Morgan fingerprint density at radius 1 is 1.27 bits per heavy atom. The largest absolute Gasteiger partial charge is 0.449 e. The minimum atomic E-state index is -0.969. The Morgan fingerprint density at radius 2 is 2.08 bits per heavy atom. The zero-order valence-electron chi connectivity index (χ0n) is 14.3. The third kappa shape index (κ3) is 3.83. The van der Waals surface area contributed by atoms with E-state index in [1.807, 2.05) is 6.92 Å². The van der Waals surface area contributed by atoms with Crippen molar-refractivity contribution in [3.63, 3.8) is 0 Å². The van der Waals surface area contributed by atoms with Crippen molar-refractivity contribution in [3.05, 3.63) is 53.1 Å². The van der Waals surface area contributed by atoms with Gasteiger partial charge in [0, 0.05) is 17.3 Å². The van der Waals surface area contributed by atoms with E-state index < -0.39 is 18.0 Å². The number of anilines is 1. The highest BCUT2D eigenvalue weighted by atomic mass is 35.5. The van der Waals surface area contributed by atoms with E-state index in [0.717, 1.165) is 5.52 Å². The second kappa shape index (κ2) is 7.53. The number of hydrogen-bond donors (Lipinski definition) is 1. The van der Waals surface area contributed by atoms with Crippen molar-refractivity contribution in [2.24, 2.45) is 0 Å². The van der Waals surface area contributed by atoms with E-state index in [4.69, 9.17) is 16.3 Å². The van der Waals surface area contributed by atoms with Crippen LogP contribution >= 0.6 is 11.6 Å². The molecule has 0 fully saturated rings. The molecule has 1 aromatic heterocycles. The first-order chi connectivity index (χ1) is 12.5. The van der Waals surface area contributed by atoms with Crippen LogP contribution in [-0.4, -0.2) is 33.0 Å². The van der Waals surface area contributed by atoms with Crippen molar-refractivity contribution in [3.8, 4) is 0 Å². The fourth-order valence-corrected chi connectivity index (χ4v) is 2.62. The number of carbonyl (C=O) groups excluding carboxylic acids is 2. The van der Waals surface area contributed by atoms with Gasteiger partial charge >= 0.3 is 5.97 Å². The quantitative estimate of drug-likeness (QED) is 0.694. The lowest BCUT2D eigenvalue weighted by Crippen LogP contribution is -2.30. The molecule has 134 valence electrons. The zero-order chi connectivity index (χ0) is 18.7. The predicted octanol–water partition coefficient (Wildman–Crippen LogP) is 3.29. The minimum Gasteiger partial charge on any atom is -0.449 e. The lowest BCUT2D eigenvalue weighted by molar-refractivity contribution is -0.123. The van der Waals surface area contributed by atoms with Crippen molar-refractivity contribution >= 4 is 40.2 Å². The van der Waals surface area contributed by atoms with Crippen molar-refractivity contribution in [2.45, 2.75) is 26.5 Å². The molecule has 26 heavy (non-hydrogen) atoms. The maximum Gasteiger partial charge on any atom is 0.338 e. The number of esters is 1. The maximum absolute atomic E-state index is 12.3. The lowest BCUT2D eigenvalue weighted by Gasteiger charge is -2.13. The topological polar surface area (TPSA) is 86.1 Å². The van der Waals surface area contributed by atoms with Gasteiger partial charge in [0.25, 0.3) is 5.91 Å². The Morgan fingerprint density at radius 3 is 2.81 bits per heavy atom. The summed E-state index contributed by atoms with van der Waals surface area (Å²) in [6.45, 7) is 4.14. The smallest absolute Gasteiger partial charge is 0.338 e. The Hall–Kier alpha value is -2.93. The summed E-state index contributed by atoms with van der Waals surface area (Å²) in [5.41, 5.74) is 2.26. The molecule has 3 aromatic rings. The SMILES string of the molecule is CCn1nnc2cc(C(=O)O[C@H](C)C(=O)Nc3cccc(Cl)c3)ccc21. The maximum atomic E-state index is 12.3. The van der Waals surface area contributed by atoms with Gasteiger partial charge in [-0.25, -0.2) is 9.48 Å². The Balaban J connectivity index is 1.67. The van der Waals surface area contributed by atoms with Gasteiger partial charge < -0.3 is 10.1 Å². The monoisotopic (exact) mass is 372 g/mol. The van der Waals surface area contributed by atoms with Crippen molar-refractivity contribution in [2.75, 3.05) is 5.32 Å². The van der Waals surface area contributed by atoms with Crippen LogP contribution in [0.15, 0.2) is 42.5 Å². The van der Waals surface area contributed by atoms with Crippen LogP contribution in [0.4, 0.5) is 5.69 Å². The van der Waals surface area contributed by atoms with Crippen LogP contribution in [0.25, 0.3) is 11.0 Å². The number of hydrogen-bond acceptors (Lipinski definition) is 5. The van der Waals surface area contributed by atoms with E-state index in [0.29, 0.717) is 28.3 Å². The number of aromatic nitrogens is 3. The number of amides is 1. The first-order valence-electron chi connectivity index (χ1n) is 8.08. The van der Waals surface area contributed by atoms with Gasteiger partial charge in [-0.15, -0.1) is 5.10 Å². The standard InChI is InChI=1S/C18H17ClN4O3/c1-3-23-16-8-7-12(9-15(16)21-22-23)18(25)26-11(2)17(24)20-14-6-4-5-13(19)10-14/h4-11H,3H2,1-2H3,(H,20,24)/t11-/m1/s1. The summed E-state index contributed by atoms with van der Waals surface area (Å²) in [7, 11) is 0. The van der Waals surface area contributed by atoms with Crippen LogP contribution in [0.3, 0.4) is 0 Å². The molecule has 1 amide bonds. The zero-order valence-corrected chi connectivity index (χ0v) is 15.0. The van der Waals surface area contributed by atoms with Crippen LogP contribution < -0.4 is 5.32 Å². The first-order valence-corrected chi connectivity index (χ1v) is 8.46. The van der Waals surface area contributed by atoms with E-state index in [9.17, 15) is 9.59 Å². The molecule has 0 bridgehead atoms. The summed E-state index contributed by atoms with van der Waals surface area (Å²) in [6.07, 6.45) is -0.969. The molecule has 0 saturated heterocycles. The Kier molecular flexibility index (Phi) is 5.18. The van der Waals surface area contributed by atoms with Gasteiger partial charge in [-0.05, 0) is 50.2 Å². The summed E-state index contributed by atoms with van der Waals surface area (Å²) >= 11 is 5.88. The second-order valence-electron chi connectivity index (χ2n) is 5.66. The highest BCUT2D eigenvalue weighted by molar-refractivity contribution is 6.30. The normalized spacial score (nSPS) is 12.0. The predicted molar refractivity (Wildman–Crippen MR) is 98.2 cm³/mol. The van der Waals surface area contributed by atoms with Gasteiger partial charge in [-0.1, -0.05) is 22.9 Å². The van der Waals surface area contributed by atoms with Crippen LogP contribution in [-0.2, 0) is 16.1 Å². The van der Waals surface area contributed by atoms with Gasteiger partial charge in [-0.3, -0.25) is 4.79 Å². The van der Waals surface area contributed by atoms with Crippen molar-refractivity contribution in [1.82, 2.24) is 15.0 Å². The van der Waals surface area contributed by atoms with E-state index >= 15 is 0 Å². The molecule has 1 atom stereocenters. The van der Waals surface area contributed by atoms with E-state index in [2.05, 4.69) is 15.6 Å². The number of rotatable bonds is 5. The number of ether oxygens (including phenoxy) is 1. The minimum absolute atomic E-state index is 0.308.